The fourth-order valence-electron chi connectivity index (χ4n) is 9.75. The molecule has 3 N–H and O–H groups in total. The van der Waals surface area contributed by atoms with Crippen LogP contribution < -0.4 is 0 Å². The molecule has 0 aromatic carbocycles. The van der Waals surface area contributed by atoms with Crippen molar-refractivity contribution in [3.05, 3.63) is 0 Å². The van der Waals surface area contributed by atoms with Crippen LogP contribution in [-0.4, -0.2) is 96.7 Å². The maximum Gasteiger partial charge on any atom is 0.472 e. The number of esters is 4. The minimum atomic E-state index is -4.95. The van der Waals surface area contributed by atoms with Gasteiger partial charge in [0.15, 0.2) is 12.2 Å². The van der Waals surface area contributed by atoms with Crippen molar-refractivity contribution in [1.29, 1.82) is 0 Å². The largest absolute Gasteiger partial charge is 0.472 e. The molecular formula is C66H128O17P2. The summed E-state index contributed by atoms with van der Waals surface area (Å²) < 4.78 is 68.0. The highest BCUT2D eigenvalue weighted by molar-refractivity contribution is 7.47. The lowest BCUT2D eigenvalue weighted by Gasteiger charge is -2.21. The van der Waals surface area contributed by atoms with Gasteiger partial charge in [0.25, 0.3) is 0 Å². The van der Waals surface area contributed by atoms with Crippen molar-refractivity contribution in [3.8, 4) is 0 Å². The Balaban J connectivity index is 5.24. The molecule has 0 aliphatic rings. The third kappa shape index (κ3) is 59.5. The van der Waals surface area contributed by atoms with Crippen molar-refractivity contribution in [1.82, 2.24) is 0 Å². The van der Waals surface area contributed by atoms with Crippen LogP contribution in [0.1, 0.15) is 319 Å². The summed E-state index contributed by atoms with van der Waals surface area (Å²) in [5, 5.41) is 10.5. The summed E-state index contributed by atoms with van der Waals surface area (Å²) in [5.41, 5.74) is 0. The first-order valence-corrected chi connectivity index (χ1v) is 37.2. The van der Waals surface area contributed by atoms with Gasteiger partial charge in [0.1, 0.15) is 19.3 Å². The zero-order valence-electron chi connectivity index (χ0n) is 55.2. The Kier molecular flexibility index (Phi) is 54.8. The first-order valence-electron chi connectivity index (χ1n) is 34.2. The van der Waals surface area contributed by atoms with Crippen LogP contribution in [0, 0.1) is 23.7 Å². The highest BCUT2D eigenvalue weighted by Crippen LogP contribution is 2.45. The molecule has 19 heteroatoms. The van der Waals surface area contributed by atoms with Gasteiger partial charge in [-0.1, -0.05) is 267 Å². The number of hydrogen-bond acceptors (Lipinski definition) is 15. The summed E-state index contributed by atoms with van der Waals surface area (Å²) in [6.45, 7) is 14.0. The molecule has 0 aromatic rings. The standard InChI is InChI=1S/C66H128O17P2/c1-9-59(8)45-37-29-19-16-17-21-33-41-49-66(71)83-62(53-77-64(69)47-39-31-25-23-28-36-44-58(6)7)55-81-85(74,75)79-51-60(67)50-78-84(72,73)80-54-61(52-76-63(68)46-38-30-24-22-27-35-43-57(4)5)82-65(70)48-40-32-20-15-13-11-10-12-14-18-26-34-42-56(2)3/h56-62,67H,9-55H2,1-8H3,(H,72,73)(H,74,75)/t59?,60-,61+,62+/m0/s1. The third-order valence-electron chi connectivity index (χ3n) is 15.4. The van der Waals surface area contributed by atoms with E-state index in [0.29, 0.717) is 37.5 Å². The topological polar surface area (TPSA) is 237 Å². The fourth-order valence-corrected chi connectivity index (χ4v) is 11.3. The number of hydrogen-bond donors (Lipinski definition) is 3. The van der Waals surface area contributed by atoms with E-state index in [1.165, 1.54) is 109 Å². The van der Waals surface area contributed by atoms with Crippen molar-refractivity contribution in [2.24, 2.45) is 23.7 Å². The Morgan fingerprint density at radius 2 is 0.565 bits per heavy atom. The van der Waals surface area contributed by atoms with E-state index in [1.54, 1.807) is 0 Å². The molecule has 0 spiro atoms. The number of aliphatic hydroxyl groups is 1. The first-order chi connectivity index (χ1) is 40.6. The van der Waals surface area contributed by atoms with Crippen molar-refractivity contribution in [2.75, 3.05) is 39.6 Å². The molecule has 0 aromatic heterocycles. The summed E-state index contributed by atoms with van der Waals surface area (Å²) in [5.74, 6) is 0.765. The summed E-state index contributed by atoms with van der Waals surface area (Å²) in [7, 11) is -9.89. The zero-order chi connectivity index (χ0) is 63.2. The SMILES string of the molecule is CCC(C)CCCCCCCCCCC(=O)O[C@H](COC(=O)CCCCCCCCC(C)C)COP(=O)(O)OC[C@@H](O)COP(=O)(O)OC[C@@H](COC(=O)CCCCCCCCC(C)C)OC(=O)CCCCCCCCCCCCCCC(C)C. The summed E-state index contributed by atoms with van der Waals surface area (Å²) in [4.78, 5) is 72.3. The van der Waals surface area contributed by atoms with Crippen LogP contribution in [0.15, 0.2) is 0 Å². The average Bonchev–Trinajstić information content (AvgIpc) is 3.55. The van der Waals surface area contributed by atoms with Crippen LogP contribution >= 0.6 is 15.6 Å². The molecular weight excluding hydrogens is 1130 g/mol. The van der Waals surface area contributed by atoms with Gasteiger partial charge < -0.3 is 33.8 Å². The quantitative estimate of drug-likeness (QED) is 0.0222. The molecule has 0 rings (SSSR count). The number of unbranched alkanes of at least 4 members (excludes halogenated alkanes) is 28. The molecule has 0 amide bonds. The van der Waals surface area contributed by atoms with Gasteiger partial charge in [0.2, 0.25) is 0 Å². The number of rotatable bonds is 63. The lowest BCUT2D eigenvalue weighted by Crippen LogP contribution is -2.30. The van der Waals surface area contributed by atoms with Gasteiger partial charge in [-0.25, -0.2) is 9.13 Å². The van der Waals surface area contributed by atoms with Gasteiger partial charge in [-0.05, 0) is 49.4 Å². The average molecular weight is 1260 g/mol. The molecule has 0 saturated carbocycles. The fraction of sp³-hybridized carbons (Fsp3) is 0.939. The number of carbonyl (C=O) groups is 4. The molecule has 3 unspecified atom stereocenters. The minimum absolute atomic E-state index is 0.103. The van der Waals surface area contributed by atoms with Crippen molar-refractivity contribution < 1.29 is 80.2 Å². The zero-order valence-corrected chi connectivity index (χ0v) is 57.0. The second-order valence-corrected chi connectivity index (χ2v) is 28.4. The summed E-state index contributed by atoms with van der Waals surface area (Å²) >= 11 is 0. The maximum atomic E-state index is 13.0. The summed E-state index contributed by atoms with van der Waals surface area (Å²) in [6, 6.07) is 0. The van der Waals surface area contributed by atoms with Gasteiger partial charge in [0, 0.05) is 25.7 Å². The van der Waals surface area contributed by atoms with E-state index in [1.807, 2.05) is 0 Å². The van der Waals surface area contributed by atoms with Gasteiger partial charge in [-0.15, -0.1) is 0 Å². The van der Waals surface area contributed by atoms with Crippen LogP contribution in [0.2, 0.25) is 0 Å². The molecule has 504 valence electrons. The molecule has 0 radical (unpaired) electrons. The predicted octanol–water partition coefficient (Wildman–Crippen LogP) is 18.1. The third-order valence-corrected chi connectivity index (χ3v) is 17.3. The number of aliphatic hydroxyl groups excluding tert-OH is 1. The van der Waals surface area contributed by atoms with Crippen LogP contribution in [0.4, 0.5) is 0 Å². The van der Waals surface area contributed by atoms with E-state index in [9.17, 15) is 43.2 Å². The Hall–Kier alpha value is -1.94. The van der Waals surface area contributed by atoms with Gasteiger partial charge in [-0.3, -0.25) is 37.3 Å². The van der Waals surface area contributed by atoms with Crippen molar-refractivity contribution in [2.45, 2.75) is 337 Å². The Bertz CT molecular complexity index is 1700. The van der Waals surface area contributed by atoms with E-state index in [4.69, 9.17) is 37.0 Å². The van der Waals surface area contributed by atoms with Gasteiger partial charge >= 0.3 is 39.5 Å². The number of ether oxygens (including phenoxy) is 4. The molecule has 0 aliphatic carbocycles. The lowest BCUT2D eigenvalue weighted by molar-refractivity contribution is -0.161. The smallest absolute Gasteiger partial charge is 0.462 e. The van der Waals surface area contributed by atoms with Crippen LogP contribution in [-0.2, 0) is 65.4 Å². The van der Waals surface area contributed by atoms with E-state index >= 15 is 0 Å². The van der Waals surface area contributed by atoms with Crippen LogP contribution in [0.3, 0.4) is 0 Å². The Labute approximate surface area is 517 Å². The highest BCUT2D eigenvalue weighted by Gasteiger charge is 2.30. The molecule has 0 saturated heterocycles. The number of carbonyl (C=O) groups excluding carboxylic acids is 4. The van der Waals surface area contributed by atoms with E-state index in [2.05, 4.69) is 55.4 Å². The Morgan fingerprint density at radius 3 is 0.835 bits per heavy atom. The second-order valence-electron chi connectivity index (χ2n) is 25.5. The van der Waals surface area contributed by atoms with Gasteiger partial charge in [0.05, 0.1) is 26.4 Å². The Morgan fingerprint density at radius 1 is 0.329 bits per heavy atom. The van der Waals surface area contributed by atoms with E-state index in [0.717, 1.165) is 115 Å². The second kappa shape index (κ2) is 56.1. The van der Waals surface area contributed by atoms with E-state index in [-0.39, 0.29) is 25.7 Å². The summed E-state index contributed by atoms with van der Waals surface area (Å²) in [6.07, 6.45) is 36.4. The van der Waals surface area contributed by atoms with Crippen LogP contribution in [0.25, 0.3) is 0 Å². The van der Waals surface area contributed by atoms with Gasteiger partial charge in [-0.2, -0.15) is 0 Å². The minimum Gasteiger partial charge on any atom is -0.462 e. The monoisotopic (exact) mass is 1250 g/mol. The molecule has 0 heterocycles. The van der Waals surface area contributed by atoms with Crippen molar-refractivity contribution in [3.63, 3.8) is 0 Å². The molecule has 0 fully saturated rings. The molecule has 0 aliphatic heterocycles. The number of phosphoric ester groups is 2. The molecule has 17 nitrogen and oxygen atoms in total. The van der Waals surface area contributed by atoms with Crippen LogP contribution in [0.5, 0.6) is 0 Å². The molecule has 85 heavy (non-hydrogen) atoms. The van der Waals surface area contributed by atoms with Crippen molar-refractivity contribution >= 4 is 39.5 Å². The maximum absolute atomic E-state index is 13.0. The predicted molar refractivity (Wildman–Crippen MR) is 340 cm³/mol. The lowest BCUT2D eigenvalue weighted by atomic mass is 9.99. The first kappa shape index (κ1) is 83.1. The number of phosphoric acid groups is 2. The molecule has 6 atom stereocenters. The molecule has 0 bridgehead atoms. The highest BCUT2D eigenvalue weighted by atomic mass is 31.2. The normalized spacial score (nSPS) is 14.7. The van der Waals surface area contributed by atoms with E-state index < -0.39 is 97.5 Å².